The monoisotopic (exact) mass is 279 g/mol. The number of amides is 1. The molecule has 0 heterocycles. The minimum atomic E-state index is -0.574. The van der Waals surface area contributed by atoms with Crippen LogP contribution in [0.4, 0.5) is 11.4 Å². The number of carbonyl (C=O) groups excluding carboxylic acids is 1. The second kappa shape index (κ2) is 5.87. The number of rotatable bonds is 5. The minimum Gasteiger partial charge on any atom is -0.393 e. The third-order valence-electron chi connectivity index (χ3n) is 3.32. The predicted molar refractivity (Wildman–Crippen MR) is 73.4 cm³/mol. The Balaban J connectivity index is 1.94. The van der Waals surface area contributed by atoms with Gasteiger partial charge in [-0.05, 0) is 31.9 Å². The molecule has 0 unspecified atom stereocenters. The Kier molecular flexibility index (Phi) is 4.19. The molecule has 7 nitrogen and oxygen atoms in total. The summed E-state index contributed by atoms with van der Waals surface area (Å²) >= 11 is 0. The van der Waals surface area contributed by atoms with Crippen LogP contribution in [-0.2, 0) is 4.74 Å². The Morgan fingerprint density at radius 3 is 2.80 bits per heavy atom. The fourth-order valence-electron chi connectivity index (χ4n) is 2.19. The van der Waals surface area contributed by atoms with Crippen LogP contribution in [0, 0.1) is 10.1 Å². The average molecular weight is 279 g/mol. The minimum absolute atomic E-state index is 0.0107. The summed E-state index contributed by atoms with van der Waals surface area (Å²) in [7, 11) is 0. The van der Waals surface area contributed by atoms with E-state index in [0.717, 1.165) is 12.8 Å². The summed E-state index contributed by atoms with van der Waals surface area (Å²) in [5.41, 5.74) is 5.68. The van der Waals surface area contributed by atoms with Crippen LogP contribution >= 0.6 is 0 Å². The number of hydrogen-bond donors (Lipinski definition) is 2. The standard InChI is InChI=1S/C13H17N3O4/c1-2-20-10-6-9(7-10)15-13(17)8-3-4-12(16(18)19)11(14)5-8/h3-5,9-10H,2,6-7,14H2,1H3,(H,15,17). The summed E-state index contributed by atoms with van der Waals surface area (Å²) in [5.74, 6) is -0.272. The molecule has 0 atom stereocenters. The van der Waals surface area contributed by atoms with Gasteiger partial charge in [-0.3, -0.25) is 14.9 Å². The smallest absolute Gasteiger partial charge is 0.292 e. The molecule has 1 aromatic carbocycles. The van der Waals surface area contributed by atoms with Crippen LogP contribution in [0.1, 0.15) is 30.1 Å². The molecule has 1 aliphatic rings. The number of ether oxygens (including phenoxy) is 1. The maximum absolute atomic E-state index is 12.0. The van der Waals surface area contributed by atoms with E-state index in [0.29, 0.717) is 12.2 Å². The van der Waals surface area contributed by atoms with E-state index in [1.807, 2.05) is 6.92 Å². The van der Waals surface area contributed by atoms with E-state index in [-0.39, 0.29) is 29.4 Å². The first-order valence-electron chi connectivity index (χ1n) is 6.47. The summed E-state index contributed by atoms with van der Waals surface area (Å²) in [4.78, 5) is 22.0. The van der Waals surface area contributed by atoms with Crippen LogP contribution < -0.4 is 11.1 Å². The van der Waals surface area contributed by atoms with E-state index in [4.69, 9.17) is 10.5 Å². The highest BCUT2D eigenvalue weighted by Gasteiger charge is 2.31. The molecule has 1 aromatic rings. The zero-order valence-corrected chi connectivity index (χ0v) is 11.2. The number of nitrogens with zero attached hydrogens (tertiary/aromatic N) is 1. The number of hydrogen-bond acceptors (Lipinski definition) is 5. The number of nitrogens with one attached hydrogen (secondary N) is 1. The van der Waals surface area contributed by atoms with Crippen LogP contribution in [0.25, 0.3) is 0 Å². The van der Waals surface area contributed by atoms with E-state index < -0.39 is 4.92 Å². The highest BCUT2D eigenvalue weighted by molar-refractivity contribution is 5.96. The molecule has 1 saturated carbocycles. The second-order valence-electron chi connectivity index (χ2n) is 4.75. The maximum atomic E-state index is 12.0. The Labute approximate surface area is 116 Å². The van der Waals surface area contributed by atoms with Gasteiger partial charge in [-0.15, -0.1) is 0 Å². The van der Waals surface area contributed by atoms with Gasteiger partial charge in [0.2, 0.25) is 0 Å². The van der Waals surface area contributed by atoms with E-state index in [2.05, 4.69) is 5.32 Å². The van der Waals surface area contributed by atoms with E-state index in [1.54, 1.807) is 0 Å². The van der Waals surface area contributed by atoms with E-state index in [1.165, 1.54) is 18.2 Å². The van der Waals surface area contributed by atoms with Crippen LogP contribution in [0.5, 0.6) is 0 Å². The lowest BCUT2D eigenvalue weighted by Crippen LogP contribution is -2.47. The number of nitro benzene ring substituents is 1. The van der Waals surface area contributed by atoms with Gasteiger partial charge in [0.25, 0.3) is 11.6 Å². The molecule has 0 aromatic heterocycles. The summed E-state index contributed by atoms with van der Waals surface area (Å²) in [6.07, 6.45) is 1.80. The highest BCUT2D eigenvalue weighted by Crippen LogP contribution is 2.25. The topological polar surface area (TPSA) is 107 Å². The van der Waals surface area contributed by atoms with Crippen molar-refractivity contribution in [2.45, 2.75) is 31.9 Å². The van der Waals surface area contributed by atoms with Gasteiger partial charge >= 0.3 is 0 Å². The summed E-state index contributed by atoms with van der Waals surface area (Å²) < 4.78 is 5.41. The van der Waals surface area contributed by atoms with Crippen LogP contribution in [0.2, 0.25) is 0 Å². The van der Waals surface area contributed by atoms with E-state index >= 15 is 0 Å². The van der Waals surface area contributed by atoms with Crippen molar-refractivity contribution in [3.63, 3.8) is 0 Å². The molecular formula is C13H17N3O4. The predicted octanol–water partition coefficient (Wildman–Crippen LogP) is 1.47. The zero-order chi connectivity index (χ0) is 14.7. The summed E-state index contributed by atoms with van der Waals surface area (Å²) in [5, 5.41) is 13.5. The van der Waals surface area contributed by atoms with Crippen LogP contribution in [0.3, 0.4) is 0 Å². The van der Waals surface area contributed by atoms with Crippen molar-refractivity contribution in [1.29, 1.82) is 0 Å². The molecule has 3 N–H and O–H groups in total. The third kappa shape index (κ3) is 3.05. The van der Waals surface area contributed by atoms with Crippen LogP contribution in [0.15, 0.2) is 18.2 Å². The normalized spacial score (nSPS) is 21.1. The third-order valence-corrected chi connectivity index (χ3v) is 3.32. The first-order chi connectivity index (χ1) is 9.51. The number of carbonyl (C=O) groups is 1. The van der Waals surface area contributed by atoms with Crippen molar-refractivity contribution in [3.8, 4) is 0 Å². The second-order valence-corrected chi connectivity index (χ2v) is 4.75. The molecule has 108 valence electrons. The van der Waals surface area contributed by atoms with Gasteiger partial charge in [0.05, 0.1) is 11.0 Å². The van der Waals surface area contributed by atoms with Crippen molar-refractivity contribution in [3.05, 3.63) is 33.9 Å². The van der Waals surface area contributed by atoms with Gasteiger partial charge in [-0.25, -0.2) is 0 Å². The molecule has 0 saturated heterocycles. The first kappa shape index (κ1) is 14.3. The van der Waals surface area contributed by atoms with Gasteiger partial charge in [-0.2, -0.15) is 0 Å². The number of nitrogens with two attached hydrogens (primary N) is 1. The molecule has 0 spiro atoms. The average Bonchev–Trinajstić information content (AvgIpc) is 2.35. The van der Waals surface area contributed by atoms with Crippen molar-refractivity contribution in [2.75, 3.05) is 12.3 Å². The number of nitro groups is 1. The number of anilines is 1. The van der Waals surface area contributed by atoms with Crippen molar-refractivity contribution >= 4 is 17.3 Å². The largest absolute Gasteiger partial charge is 0.393 e. The van der Waals surface area contributed by atoms with Crippen LogP contribution in [-0.4, -0.2) is 29.6 Å². The lowest BCUT2D eigenvalue weighted by molar-refractivity contribution is -0.383. The number of nitrogen functional groups attached to an aromatic ring is 1. The highest BCUT2D eigenvalue weighted by atomic mass is 16.6. The molecular weight excluding hydrogens is 262 g/mol. The quantitative estimate of drug-likeness (QED) is 0.482. The fraction of sp³-hybridized carbons (Fsp3) is 0.462. The molecule has 0 aliphatic heterocycles. The van der Waals surface area contributed by atoms with Crippen molar-refractivity contribution < 1.29 is 14.5 Å². The van der Waals surface area contributed by atoms with Crippen molar-refractivity contribution in [2.24, 2.45) is 0 Å². The summed E-state index contributed by atoms with van der Waals surface area (Å²) in [6, 6.07) is 4.07. The molecule has 20 heavy (non-hydrogen) atoms. The maximum Gasteiger partial charge on any atom is 0.292 e. The molecule has 0 radical (unpaired) electrons. The Bertz CT molecular complexity index is 526. The van der Waals surface area contributed by atoms with E-state index in [9.17, 15) is 14.9 Å². The van der Waals surface area contributed by atoms with Gasteiger partial charge in [0.15, 0.2) is 0 Å². The van der Waals surface area contributed by atoms with Gasteiger partial charge in [-0.1, -0.05) is 0 Å². The molecule has 7 heteroatoms. The zero-order valence-electron chi connectivity index (χ0n) is 11.2. The number of benzene rings is 1. The summed E-state index contributed by atoms with van der Waals surface area (Å²) in [6.45, 7) is 2.61. The molecule has 1 amide bonds. The molecule has 1 aliphatic carbocycles. The lowest BCUT2D eigenvalue weighted by Gasteiger charge is -2.35. The molecule has 2 rings (SSSR count). The molecule has 1 fully saturated rings. The fourth-order valence-corrected chi connectivity index (χ4v) is 2.19. The van der Waals surface area contributed by atoms with Crippen molar-refractivity contribution in [1.82, 2.24) is 5.32 Å². The Morgan fingerprint density at radius 1 is 1.55 bits per heavy atom. The molecule has 0 bridgehead atoms. The lowest BCUT2D eigenvalue weighted by atomic mass is 9.89. The Morgan fingerprint density at radius 2 is 2.25 bits per heavy atom. The SMILES string of the molecule is CCOC1CC(NC(=O)c2ccc([N+](=O)[O-])c(N)c2)C1. The van der Waals surface area contributed by atoms with Gasteiger partial charge in [0, 0.05) is 24.3 Å². The first-order valence-corrected chi connectivity index (χ1v) is 6.47. The Hall–Kier alpha value is -2.15. The van der Waals surface area contributed by atoms with Gasteiger partial charge in [0.1, 0.15) is 5.69 Å². The van der Waals surface area contributed by atoms with Gasteiger partial charge < -0.3 is 15.8 Å².